The van der Waals surface area contributed by atoms with E-state index in [1.54, 1.807) is 36.2 Å². The van der Waals surface area contributed by atoms with Crippen LogP contribution in [0.3, 0.4) is 0 Å². The van der Waals surface area contributed by atoms with Gasteiger partial charge in [0.1, 0.15) is 12.4 Å². The largest absolute Gasteiger partial charge is 0.492 e. The molecule has 6 nitrogen and oxygen atoms in total. The number of ether oxygens (including phenoxy) is 1. The first-order valence-corrected chi connectivity index (χ1v) is 6.47. The molecule has 0 heterocycles. The molecular weight excluding hydrogens is 282 g/mol. The van der Waals surface area contributed by atoms with Crippen LogP contribution < -0.4 is 15.4 Å². The lowest BCUT2D eigenvalue weighted by Gasteiger charge is -2.16. The van der Waals surface area contributed by atoms with Crippen LogP contribution in [0.15, 0.2) is 24.3 Å². The monoisotopic (exact) mass is 299 g/mol. The van der Waals surface area contributed by atoms with Crippen LogP contribution in [-0.2, 0) is 4.79 Å². The van der Waals surface area contributed by atoms with Crippen LogP contribution in [0.4, 0.5) is 4.79 Å². The lowest BCUT2D eigenvalue weighted by atomic mass is 10.3. The fourth-order valence-corrected chi connectivity index (χ4v) is 1.53. The molecule has 110 valence electrons. The molecule has 7 heteroatoms. The van der Waals surface area contributed by atoms with Gasteiger partial charge in [-0.1, -0.05) is 11.6 Å². The Balaban J connectivity index is 2.22. The number of imide groups is 1. The maximum absolute atomic E-state index is 11.4. The Bertz CT molecular complexity index is 451. The number of rotatable bonds is 6. The number of carbonyl (C=O) groups is 2. The number of carbonyl (C=O) groups excluding carboxylic acids is 2. The summed E-state index contributed by atoms with van der Waals surface area (Å²) in [7, 11) is 3.22. The fraction of sp³-hybridized carbons (Fsp3) is 0.385. The summed E-state index contributed by atoms with van der Waals surface area (Å²) in [5, 5.41) is 5.16. The molecule has 0 aliphatic carbocycles. The molecule has 0 saturated heterocycles. The van der Waals surface area contributed by atoms with E-state index in [1.807, 2.05) is 0 Å². The Hall–Kier alpha value is -1.79. The average Bonchev–Trinajstić information content (AvgIpc) is 2.40. The van der Waals surface area contributed by atoms with Crippen LogP contribution in [0.2, 0.25) is 5.02 Å². The third-order valence-electron chi connectivity index (χ3n) is 2.45. The van der Waals surface area contributed by atoms with Crippen molar-refractivity contribution in [2.75, 3.05) is 33.8 Å². The zero-order valence-corrected chi connectivity index (χ0v) is 12.2. The van der Waals surface area contributed by atoms with Gasteiger partial charge in [0, 0.05) is 18.6 Å². The van der Waals surface area contributed by atoms with Gasteiger partial charge in [-0.25, -0.2) is 4.79 Å². The summed E-state index contributed by atoms with van der Waals surface area (Å²) in [4.78, 5) is 24.1. The number of benzene rings is 1. The molecule has 20 heavy (non-hydrogen) atoms. The Morgan fingerprint density at radius 3 is 2.55 bits per heavy atom. The Morgan fingerprint density at radius 2 is 1.95 bits per heavy atom. The van der Waals surface area contributed by atoms with Crippen LogP contribution in [0.1, 0.15) is 0 Å². The van der Waals surface area contributed by atoms with Crippen molar-refractivity contribution in [3.8, 4) is 5.75 Å². The second-order valence-corrected chi connectivity index (χ2v) is 4.60. The van der Waals surface area contributed by atoms with Gasteiger partial charge in [-0.15, -0.1) is 0 Å². The van der Waals surface area contributed by atoms with Crippen molar-refractivity contribution in [3.63, 3.8) is 0 Å². The normalized spacial score (nSPS) is 10.2. The molecular formula is C13H18ClN3O3. The van der Waals surface area contributed by atoms with E-state index in [2.05, 4.69) is 10.6 Å². The molecule has 0 atom stereocenters. The van der Waals surface area contributed by atoms with Crippen LogP contribution in [0.25, 0.3) is 0 Å². The lowest BCUT2D eigenvalue weighted by Crippen LogP contribution is -2.43. The maximum Gasteiger partial charge on any atom is 0.321 e. The summed E-state index contributed by atoms with van der Waals surface area (Å²) in [5.41, 5.74) is 0. The van der Waals surface area contributed by atoms with Gasteiger partial charge in [-0.05, 0) is 31.3 Å². The van der Waals surface area contributed by atoms with Gasteiger partial charge in [0.2, 0.25) is 5.91 Å². The number of likely N-dealkylation sites (N-methyl/N-ethyl adjacent to an activating group) is 1. The summed E-state index contributed by atoms with van der Waals surface area (Å²) in [6, 6.07) is 6.54. The number of halogens is 1. The molecule has 1 aromatic carbocycles. The lowest BCUT2D eigenvalue weighted by molar-refractivity contribution is -0.120. The molecule has 2 N–H and O–H groups in total. The Morgan fingerprint density at radius 1 is 1.30 bits per heavy atom. The standard InChI is InChI=1S/C13H18ClN3O3/c1-15-13(19)16-12(18)9-17(2)7-8-20-11-5-3-10(14)4-6-11/h3-6H,7-9H2,1-2H3,(H2,15,16,18,19). The summed E-state index contributed by atoms with van der Waals surface area (Å²) in [5.74, 6) is 0.357. The first kappa shape index (κ1) is 16.3. The van der Waals surface area contributed by atoms with Crippen LogP contribution in [0.5, 0.6) is 5.75 Å². The van der Waals surface area contributed by atoms with Crippen LogP contribution in [-0.4, -0.2) is 50.6 Å². The van der Waals surface area contributed by atoms with Gasteiger partial charge in [0.05, 0.1) is 6.54 Å². The molecule has 0 spiro atoms. The van der Waals surface area contributed by atoms with E-state index < -0.39 is 6.03 Å². The highest BCUT2D eigenvalue weighted by Crippen LogP contribution is 2.15. The molecule has 1 aromatic rings. The Labute approximate surface area is 123 Å². The van der Waals surface area contributed by atoms with E-state index in [9.17, 15) is 9.59 Å². The highest BCUT2D eigenvalue weighted by molar-refractivity contribution is 6.30. The Kier molecular flexibility index (Phi) is 6.83. The minimum absolute atomic E-state index is 0.122. The first-order chi connectivity index (χ1) is 9.51. The average molecular weight is 300 g/mol. The smallest absolute Gasteiger partial charge is 0.321 e. The predicted octanol–water partition coefficient (Wildman–Crippen LogP) is 1.11. The topological polar surface area (TPSA) is 70.7 Å². The predicted molar refractivity (Wildman–Crippen MR) is 77.0 cm³/mol. The molecule has 0 fully saturated rings. The molecule has 0 saturated carbocycles. The van der Waals surface area contributed by atoms with Crippen LogP contribution >= 0.6 is 11.6 Å². The van der Waals surface area contributed by atoms with Gasteiger partial charge < -0.3 is 10.1 Å². The SMILES string of the molecule is CNC(=O)NC(=O)CN(C)CCOc1ccc(Cl)cc1. The van der Waals surface area contributed by atoms with E-state index in [1.165, 1.54) is 7.05 Å². The van der Waals surface area contributed by atoms with E-state index in [4.69, 9.17) is 16.3 Å². The van der Waals surface area contributed by atoms with Gasteiger partial charge in [0.25, 0.3) is 0 Å². The molecule has 3 amide bonds. The third-order valence-corrected chi connectivity index (χ3v) is 2.70. The molecule has 0 aromatic heterocycles. The van der Waals surface area contributed by atoms with E-state index in [-0.39, 0.29) is 12.5 Å². The molecule has 0 aliphatic rings. The van der Waals surface area contributed by atoms with Crippen molar-refractivity contribution in [2.45, 2.75) is 0 Å². The van der Waals surface area contributed by atoms with Gasteiger partial charge in [-0.3, -0.25) is 15.0 Å². The van der Waals surface area contributed by atoms with E-state index in [0.29, 0.717) is 18.2 Å². The van der Waals surface area contributed by atoms with Gasteiger partial charge in [-0.2, -0.15) is 0 Å². The maximum atomic E-state index is 11.4. The van der Waals surface area contributed by atoms with Crippen molar-refractivity contribution in [1.82, 2.24) is 15.5 Å². The molecule has 0 bridgehead atoms. The second-order valence-electron chi connectivity index (χ2n) is 4.17. The van der Waals surface area contributed by atoms with Crippen LogP contribution in [0, 0.1) is 0 Å². The summed E-state index contributed by atoms with van der Waals surface area (Å²) < 4.78 is 5.50. The van der Waals surface area contributed by atoms with Gasteiger partial charge in [0.15, 0.2) is 0 Å². The summed E-state index contributed by atoms with van der Waals surface area (Å²) in [6.07, 6.45) is 0. The van der Waals surface area contributed by atoms with Gasteiger partial charge >= 0.3 is 6.03 Å². The highest BCUT2D eigenvalue weighted by atomic mass is 35.5. The van der Waals surface area contributed by atoms with Crippen molar-refractivity contribution < 1.29 is 14.3 Å². The second kappa shape index (κ2) is 8.39. The first-order valence-electron chi connectivity index (χ1n) is 6.09. The minimum Gasteiger partial charge on any atom is -0.492 e. The quantitative estimate of drug-likeness (QED) is 0.825. The molecule has 0 unspecified atom stereocenters. The summed E-state index contributed by atoms with van der Waals surface area (Å²) >= 11 is 5.77. The number of urea groups is 1. The van der Waals surface area contributed by atoms with Crippen molar-refractivity contribution in [1.29, 1.82) is 0 Å². The van der Waals surface area contributed by atoms with Crippen molar-refractivity contribution >= 4 is 23.5 Å². The number of hydrogen-bond donors (Lipinski definition) is 2. The zero-order chi connectivity index (χ0) is 15.0. The van der Waals surface area contributed by atoms with E-state index in [0.717, 1.165) is 5.75 Å². The third kappa shape index (κ3) is 6.40. The fourth-order valence-electron chi connectivity index (χ4n) is 1.40. The number of amides is 3. The number of hydrogen-bond acceptors (Lipinski definition) is 4. The number of nitrogens with zero attached hydrogens (tertiary/aromatic N) is 1. The van der Waals surface area contributed by atoms with Crippen molar-refractivity contribution in [3.05, 3.63) is 29.3 Å². The summed E-state index contributed by atoms with van der Waals surface area (Å²) in [6.45, 7) is 1.12. The molecule has 0 aliphatic heterocycles. The van der Waals surface area contributed by atoms with E-state index >= 15 is 0 Å². The molecule has 0 radical (unpaired) electrons. The van der Waals surface area contributed by atoms with Crippen molar-refractivity contribution in [2.24, 2.45) is 0 Å². The molecule has 1 rings (SSSR count). The highest BCUT2D eigenvalue weighted by Gasteiger charge is 2.09. The zero-order valence-electron chi connectivity index (χ0n) is 11.5. The number of nitrogens with one attached hydrogen (secondary N) is 2. The minimum atomic E-state index is -0.513.